The molecule has 0 saturated carbocycles. The minimum atomic E-state index is -0.885. The Morgan fingerprint density at radius 2 is 1.88 bits per heavy atom. The van der Waals surface area contributed by atoms with E-state index in [0.29, 0.717) is 23.5 Å². The molecule has 1 aromatic carbocycles. The van der Waals surface area contributed by atoms with E-state index in [2.05, 4.69) is 15.3 Å². The summed E-state index contributed by atoms with van der Waals surface area (Å²) in [4.78, 5) is 31.8. The SMILES string of the molecule is Cc1nc(-c2ccccc2)ncc1C(=O)NC(C)(C)CCC(=O)O. The first-order valence-corrected chi connectivity index (χ1v) is 7.72. The molecule has 2 rings (SSSR count). The zero-order valence-corrected chi connectivity index (χ0v) is 14.0. The van der Waals surface area contributed by atoms with Gasteiger partial charge >= 0.3 is 5.97 Å². The van der Waals surface area contributed by atoms with Crippen LogP contribution < -0.4 is 5.32 Å². The minimum absolute atomic E-state index is 0.00426. The molecular formula is C18H21N3O3. The Bertz CT molecular complexity index is 742. The zero-order valence-electron chi connectivity index (χ0n) is 14.0. The molecule has 1 heterocycles. The highest BCUT2D eigenvalue weighted by Gasteiger charge is 2.23. The van der Waals surface area contributed by atoms with Gasteiger partial charge in [0.1, 0.15) is 0 Å². The van der Waals surface area contributed by atoms with Gasteiger partial charge in [-0.2, -0.15) is 0 Å². The first kappa shape index (κ1) is 17.6. The van der Waals surface area contributed by atoms with Gasteiger partial charge in [0.05, 0.1) is 11.3 Å². The highest BCUT2D eigenvalue weighted by atomic mass is 16.4. The molecule has 0 atom stereocenters. The van der Waals surface area contributed by atoms with Crippen molar-refractivity contribution in [3.63, 3.8) is 0 Å². The standard InChI is InChI=1S/C18H21N3O3/c1-12-14(17(24)21-18(2,3)10-9-15(22)23)11-19-16(20-12)13-7-5-4-6-8-13/h4-8,11H,9-10H2,1-3H3,(H,21,24)(H,22,23). The number of aromatic nitrogens is 2. The fraction of sp³-hybridized carbons (Fsp3) is 0.333. The maximum Gasteiger partial charge on any atom is 0.303 e. The third-order valence-corrected chi connectivity index (χ3v) is 3.67. The second-order valence-corrected chi connectivity index (χ2v) is 6.29. The van der Waals surface area contributed by atoms with Gasteiger partial charge in [0.25, 0.3) is 5.91 Å². The Balaban J connectivity index is 2.14. The van der Waals surface area contributed by atoms with Crippen molar-refractivity contribution in [3.05, 3.63) is 47.8 Å². The Hall–Kier alpha value is -2.76. The normalized spacial score (nSPS) is 11.1. The molecule has 0 aliphatic carbocycles. The summed E-state index contributed by atoms with van der Waals surface area (Å²) < 4.78 is 0. The molecule has 2 aromatic rings. The van der Waals surface area contributed by atoms with Crippen LogP contribution in [0.25, 0.3) is 11.4 Å². The molecule has 126 valence electrons. The largest absolute Gasteiger partial charge is 0.481 e. The van der Waals surface area contributed by atoms with Gasteiger partial charge in [-0.25, -0.2) is 9.97 Å². The van der Waals surface area contributed by atoms with Gasteiger partial charge in [0.2, 0.25) is 0 Å². The summed E-state index contributed by atoms with van der Waals surface area (Å²) in [6, 6.07) is 9.53. The average molecular weight is 327 g/mol. The molecule has 24 heavy (non-hydrogen) atoms. The van der Waals surface area contributed by atoms with Gasteiger partial charge in [0, 0.05) is 23.7 Å². The van der Waals surface area contributed by atoms with Crippen LogP contribution in [0.15, 0.2) is 36.5 Å². The summed E-state index contributed by atoms with van der Waals surface area (Å²) in [6.45, 7) is 5.35. The van der Waals surface area contributed by atoms with Crippen LogP contribution in [0.4, 0.5) is 0 Å². The summed E-state index contributed by atoms with van der Waals surface area (Å²) >= 11 is 0. The maximum atomic E-state index is 12.4. The third-order valence-electron chi connectivity index (χ3n) is 3.67. The Morgan fingerprint density at radius 3 is 2.46 bits per heavy atom. The van der Waals surface area contributed by atoms with E-state index in [1.807, 2.05) is 30.3 Å². The van der Waals surface area contributed by atoms with Crippen molar-refractivity contribution in [2.45, 2.75) is 39.2 Å². The van der Waals surface area contributed by atoms with Gasteiger partial charge in [-0.05, 0) is 27.2 Å². The van der Waals surface area contributed by atoms with Crippen molar-refractivity contribution in [1.29, 1.82) is 0 Å². The summed E-state index contributed by atoms with van der Waals surface area (Å²) in [5.41, 5.74) is 1.22. The van der Waals surface area contributed by atoms with Gasteiger partial charge in [-0.1, -0.05) is 30.3 Å². The van der Waals surface area contributed by atoms with Crippen molar-refractivity contribution < 1.29 is 14.7 Å². The number of hydrogen-bond donors (Lipinski definition) is 2. The highest BCUT2D eigenvalue weighted by molar-refractivity contribution is 5.95. The van der Waals surface area contributed by atoms with E-state index in [9.17, 15) is 9.59 Å². The van der Waals surface area contributed by atoms with Crippen molar-refractivity contribution >= 4 is 11.9 Å². The molecule has 2 N–H and O–H groups in total. The van der Waals surface area contributed by atoms with Gasteiger partial charge in [-0.3, -0.25) is 9.59 Å². The number of carboxylic acids is 1. The molecule has 6 heteroatoms. The average Bonchev–Trinajstić information content (AvgIpc) is 2.53. The van der Waals surface area contributed by atoms with Crippen LogP contribution in [0.1, 0.15) is 42.7 Å². The number of carbonyl (C=O) groups is 2. The number of nitrogens with zero attached hydrogens (tertiary/aromatic N) is 2. The van der Waals surface area contributed by atoms with Crippen LogP contribution in [0.5, 0.6) is 0 Å². The van der Waals surface area contributed by atoms with Crippen LogP contribution in [0.3, 0.4) is 0 Å². The number of hydrogen-bond acceptors (Lipinski definition) is 4. The quantitative estimate of drug-likeness (QED) is 0.851. The second-order valence-electron chi connectivity index (χ2n) is 6.29. The topological polar surface area (TPSA) is 92.2 Å². The molecule has 0 bridgehead atoms. The lowest BCUT2D eigenvalue weighted by Crippen LogP contribution is -2.44. The van der Waals surface area contributed by atoms with E-state index < -0.39 is 11.5 Å². The smallest absolute Gasteiger partial charge is 0.303 e. The number of aliphatic carboxylic acids is 1. The Morgan fingerprint density at radius 1 is 1.21 bits per heavy atom. The minimum Gasteiger partial charge on any atom is -0.481 e. The number of nitrogens with one attached hydrogen (secondary N) is 1. The number of rotatable bonds is 6. The predicted molar refractivity (Wildman–Crippen MR) is 90.6 cm³/mol. The van der Waals surface area contributed by atoms with Gasteiger partial charge in [-0.15, -0.1) is 0 Å². The van der Waals surface area contributed by atoms with Crippen molar-refractivity contribution in [2.75, 3.05) is 0 Å². The van der Waals surface area contributed by atoms with E-state index in [0.717, 1.165) is 5.56 Å². The fourth-order valence-electron chi connectivity index (χ4n) is 2.27. The lowest BCUT2D eigenvalue weighted by Gasteiger charge is -2.25. The maximum absolute atomic E-state index is 12.4. The molecule has 0 radical (unpaired) electrons. The summed E-state index contributed by atoms with van der Waals surface area (Å²) in [5.74, 6) is -0.624. The van der Waals surface area contributed by atoms with Crippen LogP contribution in [0.2, 0.25) is 0 Å². The number of amides is 1. The number of carboxylic acid groups (broad SMARTS) is 1. The molecule has 0 aliphatic heterocycles. The fourth-order valence-corrected chi connectivity index (χ4v) is 2.27. The number of benzene rings is 1. The number of carbonyl (C=O) groups excluding carboxylic acids is 1. The lowest BCUT2D eigenvalue weighted by atomic mass is 9.98. The summed E-state index contributed by atoms with van der Waals surface area (Å²) in [5, 5.41) is 11.6. The number of aryl methyl sites for hydroxylation is 1. The van der Waals surface area contributed by atoms with E-state index in [-0.39, 0.29) is 12.3 Å². The highest BCUT2D eigenvalue weighted by Crippen LogP contribution is 2.17. The van der Waals surface area contributed by atoms with Crippen molar-refractivity contribution in [3.8, 4) is 11.4 Å². The monoisotopic (exact) mass is 327 g/mol. The van der Waals surface area contributed by atoms with Crippen molar-refractivity contribution in [1.82, 2.24) is 15.3 Å². The molecule has 0 spiro atoms. The third kappa shape index (κ3) is 4.62. The molecule has 0 unspecified atom stereocenters. The molecular weight excluding hydrogens is 306 g/mol. The molecule has 0 aliphatic rings. The Labute approximate surface area is 141 Å². The molecule has 0 saturated heterocycles. The Kier molecular flexibility index (Phi) is 5.28. The van der Waals surface area contributed by atoms with Crippen LogP contribution in [-0.4, -0.2) is 32.5 Å². The molecule has 0 fully saturated rings. The molecule has 1 aromatic heterocycles. The lowest BCUT2D eigenvalue weighted by molar-refractivity contribution is -0.137. The van der Waals surface area contributed by atoms with Gasteiger partial charge in [0.15, 0.2) is 5.82 Å². The first-order valence-electron chi connectivity index (χ1n) is 7.72. The van der Waals surface area contributed by atoms with E-state index >= 15 is 0 Å². The van der Waals surface area contributed by atoms with E-state index in [1.54, 1.807) is 20.8 Å². The van der Waals surface area contributed by atoms with E-state index in [4.69, 9.17) is 5.11 Å². The van der Waals surface area contributed by atoms with Crippen molar-refractivity contribution in [2.24, 2.45) is 0 Å². The summed E-state index contributed by atoms with van der Waals surface area (Å²) in [7, 11) is 0. The zero-order chi connectivity index (χ0) is 17.7. The van der Waals surface area contributed by atoms with E-state index in [1.165, 1.54) is 6.20 Å². The molecule has 1 amide bonds. The van der Waals surface area contributed by atoms with Crippen LogP contribution >= 0.6 is 0 Å². The van der Waals surface area contributed by atoms with Gasteiger partial charge < -0.3 is 10.4 Å². The molecule has 6 nitrogen and oxygen atoms in total. The summed E-state index contributed by atoms with van der Waals surface area (Å²) in [6.07, 6.45) is 1.85. The first-order chi connectivity index (χ1) is 11.3. The van der Waals surface area contributed by atoms with Crippen LogP contribution in [0, 0.1) is 6.92 Å². The predicted octanol–water partition coefficient (Wildman–Crippen LogP) is 2.83. The van der Waals surface area contributed by atoms with Crippen LogP contribution in [-0.2, 0) is 4.79 Å². The second kappa shape index (κ2) is 7.21.